The maximum atomic E-state index is 13.5. The van der Waals surface area contributed by atoms with Crippen molar-refractivity contribution in [3.8, 4) is 0 Å². The number of hydrogen-bond donors (Lipinski definition) is 3. The standard InChI is InChI=1S/C29H30N6O6S2/c36-28(33-43(39,40)21-6-7-23(25(17-21)35(37)38)31-18-19-9-13-41-14-10-19)22-4-1-2-5-24(22)34-12-3-15-42-29-26(34)16-20-8-11-30-27(20)32-29/h1-2,4-8,11,16-17,19,31H,3,9-10,12-15,18H2,(H,30,32)(H,33,36). The molecule has 4 aromatic rings. The summed E-state index contributed by atoms with van der Waals surface area (Å²) in [6, 6.07) is 14.3. The Bertz CT molecular complexity index is 1790. The van der Waals surface area contributed by atoms with E-state index in [0.717, 1.165) is 52.8 Å². The summed E-state index contributed by atoms with van der Waals surface area (Å²) >= 11 is 1.63. The largest absolute Gasteiger partial charge is 0.381 e. The van der Waals surface area contributed by atoms with Gasteiger partial charge in [0.15, 0.2) is 0 Å². The van der Waals surface area contributed by atoms with E-state index < -0.39 is 20.9 Å². The van der Waals surface area contributed by atoms with Gasteiger partial charge in [-0.1, -0.05) is 12.1 Å². The van der Waals surface area contributed by atoms with Gasteiger partial charge in [0.2, 0.25) is 0 Å². The number of ether oxygens (including phenoxy) is 1. The highest BCUT2D eigenvalue weighted by atomic mass is 32.2. The molecule has 3 N–H and O–H groups in total. The molecule has 4 heterocycles. The molecule has 0 aliphatic carbocycles. The quantitative estimate of drug-likeness (QED) is 0.179. The number of thioether (sulfide) groups is 1. The smallest absolute Gasteiger partial charge is 0.293 e. The summed E-state index contributed by atoms with van der Waals surface area (Å²) in [7, 11) is -4.44. The molecule has 0 atom stereocenters. The van der Waals surface area contributed by atoms with Gasteiger partial charge in [0.25, 0.3) is 21.6 Å². The molecular formula is C29H30N6O6S2. The van der Waals surface area contributed by atoms with Crippen LogP contribution in [0.1, 0.15) is 29.6 Å². The second kappa shape index (κ2) is 12.2. The number of nitrogens with zero attached hydrogens (tertiary/aromatic N) is 3. The number of anilines is 3. The molecule has 0 bridgehead atoms. The fourth-order valence-corrected chi connectivity index (χ4v) is 7.26. The van der Waals surface area contributed by atoms with Gasteiger partial charge in [-0.25, -0.2) is 18.1 Å². The van der Waals surface area contributed by atoms with E-state index in [4.69, 9.17) is 9.72 Å². The Balaban J connectivity index is 1.26. The van der Waals surface area contributed by atoms with E-state index in [2.05, 4.69) is 15.0 Å². The number of amides is 1. The highest BCUT2D eigenvalue weighted by Gasteiger charge is 2.28. The monoisotopic (exact) mass is 622 g/mol. The first-order chi connectivity index (χ1) is 20.8. The summed E-state index contributed by atoms with van der Waals surface area (Å²) in [4.78, 5) is 34.2. The van der Waals surface area contributed by atoms with Crippen molar-refractivity contribution >= 4 is 61.5 Å². The van der Waals surface area contributed by atoms with Crippen molar-refractivity contribution in [3.05, 3.63) is 76.5 Å². The van der Waals surface area contributed by atoms with Crippen LogP contribution in [0, 0.1) is 16.0 Å². The molecule has 0 unspecified atom stereocenters. The number of carbonyl (C=O) groups is 1. The van der Waals surface area contributed by atoms with Gasteiger partial charge in [-0.3, -0.25) is 14.9 Å². The van der Waals surface area contributed by atoms with Crippen LogP contribution in [0.2, 0.25) is 0 Å². The Morgan fingerprint density at radius 3 is 2.77 bits per heavy atom. The minimum atomic E-state index is -4.44. The van der Waals surface area contributed by atoms with Crippen LogP contribution >= 0.6 is 11.8 Å². The molecular weight excluding hydrogens is 592 g/mol. The number of aromatic amines is 1. The van der Waals surface area contributed by atoms with E-state index >= 15 is 0 Å². The number of nitro groups is 1. The molecule has 43 heavy (non-hydrogen) atoms. The number of para-hydroxylation sites is 1. The number of fused-ring (bicyclic) bond motifs is 2. The van der Waals surface area contributed by atoms with Crippen molar-refractivity contribution < 1.29 is 22.9 Å². The zero-order valence-electron chi connectivity index (χ0n) is 23.1. The Labute approximate surface area is 252 Å². The summed E-state index contributed by atoms with van der Waals surface area (Å²) in [5.74, 6) is 0.300. The lowest BCUT2D eigenvalue weighted by molar-refractivity contribution is -0.384. The van der Waals surface area contributed by atoms with Gasteiger partial charge < -0.3 is 19.9 Å². The first-order valence-electron chi connectivity index (χ1n) is 13.9. The molecule has 14 heteroatoms. The average molecular weight is 623 g/mol. The number of nitro benzene ring substituents is 1. The van der Waals surface area contributed by atoms with Crippen molar-refractivity contribution in [1.29, 1.82) is 0 Å². The van der Waals surface area contributed by atoms with Crippen molar-refractivity contribution in [3.63, 3.8) is 0 Å². The lowest BCUT2D eigenvalue weighted by Crippen LogP contribution is -2.32. The third-order valence-electron chi connectivity index (χ3n) is 7.60. The van der Waals surface area contributed by atoms with E-state index in [1.54, 1.807) is 36.0 Å². The zero-order valence-corrected chi connectivity index (χ0v) is 24.7. The van der Waals surface area contributed by atoms with E-state index in [-0.39, 0.29) is 21.8 Å². The summed E-state index contributed by atoms with van der Waals surface area (Å²) in [5.41, 5.74) is 2.12. The highest BCUT2D eigenvalue weighted by molar-refractivity contribution is 7.99. The fourth-order valence-electron chi connectivity index (χ4n) is 5.34. The highest BCUT2D eigenvalue weighted by Crippen LogP contribution is 2.40. The summed E-state index contributed by atoms with van der Waals surface area (Å²) in [6.45, 7) is 2.40. The van der Waals surface area contributed by atoms with Gasteiger partial charge in [0.1, 0.15) is 16.4 Å². The van der Waals surface area contributed by atoms with Crippen LogP contribution in [-0.2, 0) is 14.8 Å². The normalized spacial score (nSPS) is 16.0. The molecule has 6 rings (SSSR count). The molecule has 224 valence electrons. The van der Waals surface area contributed by atoms with Gasteiger partial charge in [-0.15, -0.1) is 11.8 Å². The summed E-state index contributed by atoms with van der Waals surface area (Å²) in [6.07, 6.45) is 4.32. The van der Waals surface area contributed by atoms with Crippen LogP contribution in [0.3, 0.4) is 0 Å². The van der Waals surface area contributed by atoms with Crippen LogP contribution in [0.4, 0.5) is 22.7 Å². The lowest BCUT2D eigenvalue weighted by Gasteiger charge is -2.26. The third-order valence-corrected chi connectivity index (χ3v) is 10.00. The van der Waals surface area contributed by atoms with Gasteiger partial charge in [0, 0.05) is 49.7 Å². The van der Waals surface area contributed by atoms with E-state index in [9.17, 15) is 23.3 Å². The number of hydrogen-bond acceptors (Lipinski definition) is 10. The third kappa shape index (κ3) is 6.17. The van der Waals surface area contributed by atoms with Crippen molar-refractivity contribution in [2.24, 2.45) is 5.92 Å². The molecule has 0 radical (unpaired) electrons. The molecule has 2 aliphatic rings. The predicted octanol–water partition coefficient (Wildman–Crippen LogP) is 5.06. The van der Waals surface area contributed by atoms with Gasteiger partial charge in [0.05, 0.1) is 26.8 Å². The van der Waals surface area contributed by atoms with E-state index in [0.29, 0.717) is 37.9 Å². The summed E-state index contributed by atoms with van der Waals surface area (Å²) < 4.78 is 34.2. The molecule has 0 spiro atoms. The minimum Gasteiger partial charge on any atom is -0.381 e. The molecule has 1 amide bonds. The van der Waals surface area contributed by atoms with Gasteiger partial charge in [-0.05, 0) is 61.6 Å². The number of aromatic nitrogens is 2. The Kier molecular flexibility index (Phi) is 8.23. The number of sulfonamides is 1. The van der Waals surface area contributed by atoms with Gasteiger partial charge in [-0.2, -0.15) is 0 Å². The fraction of sp³-hybridized carbons (Fsp3) is 0.310. The molecule has 1 fully saturated rings. The van der Waals surface area contributed by atoms with E-state index in [1.807, 2.05) is 23.2 Å². The molecule has 1 saturated heterocycles. The number of benzene rings is 2. The van der Waals surface area contributed by atoms with Crippen molar-refractivity contribution in [2.45, 2.75) is 29.2 Å². The minimum absolute atomic E-state index is 0.155. The average Bonchev–Trinajstić information content (AvgIpc) is 3.37. The maximum Gasteiger partial charge on any atom is 0.293 e. The molecule has 12 nitrogen and oxygen atoms in total. The second-order valence-corrected chi connectivity index (χ2v) is 13.2. The zero-order chi connectivity index (χ0) is 30.0. The van der Waals surface area contributed by atoms with E-state index in [1.165, 1.54) is 12.1 Å². The molecule has 0 saturated carbocycles. The Morgan fingerprint density at radius 2 is 1.95 bits per heavy atom. The van der Waals surface area contributed by atoms with Crippen LogP contribution in [0.5, 0.6) is 0 Å². The van der Waals surface area contributed by atoms with Crippen molar-refractivity contribution in [2.75, 3.05) is 42.3 Å². The predicted molar refractivity (Wildman–Crippen MR) is 165 cm³/mol. The number of H-pyrrole nitrogens is 1. The number of carbonyl (C=O) groups excluding carboxylic acids is 1. The topological polar surface area (TPSA) is 160 Å². The molecule has 2 aromatic carbocycles. The number of pyridine rings is 1. The first-order valence-corrected chi connectivity index (χ1v) is 16.4. The number of rotatable bonds is 8. The molecule has 2 aromatic heterocycles. The second-order valence-electron chi connectivity index (χ2n) is 10.4. The SMILES string of the molecule is O=C(NS(=O)(=O)c1ccc(NCC2CCOCC2)c([N+](=O)[O-])c1)c1ccccc1N1CCCSc2nc3[nH]ccc3cc21. The Morgan fingerprint density at radius 1 is 1.14 bits per heavy atom. The van der Waals surface area contributed by atoms with Crippen LogP contribution in [0.25, 0.3) is 11.0 Å². The van der Waals surface area contributed by atoms with Gasteiger partial charge >= 0.3 is 0 Å². The van der Waals surface area contributed by atoms with Crippen LogP contribution in [0.15, 0.2) is 70.7 Å². The maximum absolute atomic E-state index is 13.5. The van der Waals surface area contributed by atoms with Crippen molar-refractivity contribution in [1.82, 2.24) is 14.7 Å². The van der Waals surface area contributed by atoms with Crippen LogP contribution in [-0.4, -0.2) is 61.3 Å². The first kappa shape index (κ1) is 29.0. The lowest BCUT2D eigenvalue weighted by atomic mass is 10.0. The molecule has 2 aliphatic heterocycles. The Hall–Kier alpha value is -4.14. The summed E-state index contributed by atoms with van der Waals surface area (Å²) in [5, 5.41) is 16.7. The number of nitrogens with one attached hydrogen (secondary N) is 3. The van der Waals surface area contributed by atoms with Crippen LogP contribution < -0.4 is 14.9 Å².